The van der Waals surface area contributed by atoms with Crippen LogP contribution in [-0.2, 0) is 6.18 Å². The zero-order valence-corrected chi connectivity index (χ0v) is 20.1. The van der Waals surface area contributed by atoms with Crippen LogP contribution in [0.4, 0.5) is 30.6 Å². The Morgan fingerprint density at radius 1 is 1.00 bits per heavy atom. The monoisotopic (exact) mass is 467 g/mol. The molecule has 0 bridgehead atoms. The van der Waals surface area contributed by atoms with Crippen molar-refractivity contribution in [2.24, 2.45) is 0 Å². The van der Waals surface area contributed by atoms with Gasteiger partial charge in [0.25, 0.3) is 0 Å². The van der Waals surface area contributed by atoms with Crippen molar-refractivity contribution in [2.45, 2.75) is 63.8 Å². The third-order valence-corrected chi connectivity index (χ3v) is 6.35. The summed E-state index contributed by atoms with van der Waals surface area (Å²) in [6, 6.07) is 4.86. The first-order valence-electron chi connectivity index (χ1n) is 10.7. The van der Waals surface area contributed by atoms with Gasteiger partial charge in [-0.25, -0.2) is 4.98 Å². The highest BCUT2D eigenvalue weighted by atomic mass is 19.4. The van der Waals surface area contributed by atoms with Gasteiger partial charge in [0, 0.05) is 47.2 Å². The Labute approximate surface area is 192 Å². The van der Waals surface area contributed by atoms with Gasteiger partial charge < -0.3 is 20.1 Å². The van der Waals surface area contributed by atoms with Gasteiger partial charge in [0.05, 0.1) is 14.2 Å². The van der Waals surface area contributed by atoms with E-state index in [1.807, 2.05) is 7.05 Å². The fourth-order valence-corrected chi connectivity index (χ4v) is 4.44. The van der Waals surface area contributed by atoms with Crippen LogP contribution >= 0.6 is 0 Å². The molecule has 1 aliphatic heterocycles. The predicted octanol–water partition coefficient (Wildman–Crippen LogP) is 5.32. The van der Waals surface area contributed by atoms with Crippen molar-refractivity contribution in [3.05, 3.63) is 30.0 Å². The van der Waals surface area contributed by atoms with E-state index >= 15 is 0 Å². The predicted molar refractivity (Wildman–Crippen MR) is 122 cm³/mol. The Bertz CT molecular complexity index is 954. The number of alkyl halides is 3. The van der Waals surface area contributed by atoms with Crippen LogP contribution in [0.25, 0.3) is 0 Å². The number of halogens is 3. The van der Waals surface area contributed by atoms with Gasteiger partial charge in [-0.3, -0.25) is 4.90 Å². The molecule has 2 N–H and O–H groups in total. The van der Waals surface area contributed by atoms with Gasteiger partial charge in [0.15, 0.2) is 0 Å². The summed E-state index contributed by atoms with van der Waals surface area (Å²) in [5.74, 6) is 0.846. The fraction of sp³-hybridized carbons (Fsp3) is 0.565. The lowest BCUT2D eigenvalue weighted by Gasteiger charge is -2.53. The van der Waals surface area contributed by atoms with Gasteiger partial charge in [-0.15, -0.1) is 0 Å². The molecule has 3 rings (SSSR count). The number of ether oxygens (including phenoxy) is 2. The highest BCUT2D eigenvalue weighted by Crippen LogP contribution is 2.40. The van der Waals surface area contributed by atoms with Gasteiger partial charge in [0.1, 0.15) is 22.9 Å². The molecule has 1 saturated heterocycles. The number of methoxy groups -OCH3 is 2. The van der Waals surface area contributed by atoms with Crippen molar-refractivity contribution < 1.29 is 22.6 Å². The molecular formula is C23H32F3N5O2. The molecule has 0 spiro atoms. The third kappa shape index (κ3) is 5.61. The SMILES string of the molecule is COc1cc(Nc2ncc(C(F)(F)F)c(NC3CC(C)(C)N(C)C(C)(C)C3)n2)cc(OC)c1. The van der Waals surface area contributed by atoms with Crippen LogP contribution in [0.5, 0.6) is 11.5 Å². The summed E-state index contributed by atoms with van der Waals surface area (Å²) in [6.45, 7) is 8.37. The van der Waals surface area contributed by atoms with Crippen molar-refractivity contribution in [1.29, 1.82) is 0 Å². The minimum Gasteiger partial charge on any atom is -0.497 e. The number of benzene rings is 1. The molecular weight excluding hydrogens is 435 g/mol. The molecule has 182 valence electrons. The zero-order valence-electron chi connectivity index (χ0n) is 20.1. The standard InChI is InChI=1S/C23H32F3N5O2/c1-21(2)11-15(12-22(3,4)31(21)5)28-19-18(23(24,25)26)13-27-20(30-19)29-14-8-16(32-6)10-17(9-14)33-7/h8-10,13,15H,11-12H2,1-7H3,(H2,27,28,29,30). The summed E-state index contributed by atoms with van der Waals surface area (Å²) < 4.78 is 51.7. The molecule has 0 unspecified atom stereocenters. The fourth-order valence-electron chi connectivity index (χ4n) is 4.44. The van der Waals surface area contributed by atoms with Gasteiger partial charge in [0.2, 0.25) is 5.95 Å². The van der Waals surface area contributed by atoms with Crippen LogP contribution in [0.1, 0.15) is 46.1 Å². The van der Waals surface area contributed by atoms with E-state index < -0.39 is 11.7 Å². The quantitative estimate of drug-likeness (QED) is 0.596. The second-order valence-corrected chi connectivity index (χ2v) is 9.61. The molecule has 1 fully saturated rings. The van der Waals surface area contributed by atoms with Crippen molar-refractivity contribution in [1.82, 2.24) is 14.9 Å². The average Bonchev–Trinajstić information content (AvgIpc) is 2.70. The number of piperidine rings is 1. The zero-order chi connectivity index (χ0) is 24.6. The number of aromatic nitrogens is 2. The van der Waals surface area contributed by atoms with Crippen molar-refractivity contribution in [3.8, 4) is 11.5 Å². The molecule has 10 heteroatoms. The average molecular weight is 468 g/mol. The number of likely N-dealkylation sites (tertiary alicyclic amines) is 1. The summed E-state index contributed by atoms with van der Waals surface area (Å²) in [5.41, 5.74) is -0.754. The Kier molecular flexibility index (Phi) is 6.70. The van der Waals surface area contributed by atoms with E-state index in [1.54, 1.807) is 18.2 Å². The Morgan fingerprint density at radius 3 is 2.03 bits per heavy atom. The summed E-state index contributed by atoms with van der Waals surface area (Å²) >= 11 is 0. The van der Waals surface area contributed by atoms with Crippen LogP contribution in [0.3, 0.4) is 0 Å². The van der Waals surface area contributed by atoms with Gasteiger partial charge in [-0.2, -0.15) is 18.2 Å². The number of hydrogen-bond donors (Lipinski definition) is 2. The number of nitrogens with zero attached hydrogens (tertiary/aromatic N) is 3. The lowest BCUT2D eigenvalue weighted by Crippen LogP contribution is -2.61. The first-order chi connectivity index (χ1) is 15.2. The van der Waals surface area contributed by atoms with E-state index in [0.29, 0.717) is 30.0 Å². The van der Waals surface area contributed by atoms with Crippen LogP contribution < -0.4 is 20.1 Å². The maximum Gasteiger partial charge on any atom is 0.421 e. The van der Waals surface area contributed by atoms with Gasteiger partial charge >= 0.3 is 6.18 Å². The smallest absolute Gasteiger partial charge is 0.421 e. The molecule has 0 amide bonds. The second-order valence-electron chi connectivity index (χ2n) is 9.61. The number of nitrogens with one attached hydrogen (secondary N) is 2. The first kappa shape index (κ1) is 24.9. The Hall–Kier alpha value is -2.75. The molecule has 1 aromatic heterocycles. The lowest BCUT2D eigenvalue weighted by molar-refractivity contribution is -0.137. The van der Waals surface area contributed by atoms with E-state index in [-0.39, 0.29) is 28.9 Å². The van der Waals surface area contributed by atoms with Crippen molar-refractivity contribution >= 4 is 17.5 Å². The third-order valence-electron chi connectivity index (χ3n) is 6.35. The molecule has 7 nitrogen and oxygen atoms in total. The van der Waals surface area contributed by atoms with Crippen LogP contribution in [0.15, 0.2) is 24.4 Å². The summed E-state index contributed by atoms with van der Waals surface area (Å²) in [6.07, 6.45) is -2.44. The second kappa shape index (κ2) is 8.89. The summed E-state index contributed by atoms with van der Waals surface area (Å²) in [4.78, 5) is 10.4. The van der Waals surface area contributed by atoms with Crippen LogP contribution in [0.2, 0.25) is 0 Å². The highest BCUT2D eigenvalue weighted by molar-refractivity contribution is 5.61. The largest absolute Gasteiger partial charge is 0.497 e. The number of hydrogen-bond acceptors (Lipinski definition) is 7. The molecule has 1 aromatic carbocycles. The molecule has 0 radical (unpaired) electrons. The Morgan fingerprint density at radius 2 is 1.55 bits per heavy atom. The normalized spacial score (nSPS) is 18.6. The van der Waals surface area contributed by atoms with Crippen LogP contribution in [0, 0.1) is 0 Å². The molecule has 1 aliphatic rings. The maximum atomic E-state index is 13.7. The van der Waals surface area contributed by atoms with E-state index in [9.17, 15) is 13.2 Å². The van der Waals surface area contributed by atoms with Crippen LogP contribution in [-0.4, -0.2) is 53.3 Å². The minimum atomic E-state index is -4.59. The van der Waals surface area contributed by atoms with Gasteiger partial charge in [-0.05, 0) is 47.6 Å². The van der Waals surface area contributed by atoms with Crippen molar-refractivity contribution in [2.75, 3.05) is 31.9 Å². The molecule has 0 saturated carbocycles. The lowest BCUT2D eigenvalue weighted by atomic mass is 9.77. The number of anilines is 3. The molecule has 2 aromatic rings. The van der Waals surface area contributed by atoms with E-state index in [4.69, 9.17) is 9.47 Å². The molecule has 0 atom stereocenters. The molecule has 2 heterocycles. The minimum absolute atomic E-state index is 0.0345. The summed E-state index contributed by atoms with van der Waals surface area (Å²) in [5, 5.41) is 6.02. The highest BCUT2D eigenvalue weighted by Gasteiger charge is 2.44. The topological polar surface area (TPSA) is 71.5 Å². The Balaban J connectivity index is 1.93. The first-order valence-corrected chi connectivity index (χ1v) is 10.7. The van der Waals surface area contributed by atoms with E-state index in [1.165, 1.54) is 14.2 Å². The van der Waals surface area contributed by atoms with E-state index in [2.05, 4.69) is 53.2 Å². The van der Waals surface area contributed by atoms with Gasteiger partial charge in [-0.1, -0.05) is 0 Å². The van der Waals surface area contributed by atoms with E-state index in [0.717, 1.165) is 6.20 Å². The molecule has 33 heavy (non-hydrogen) atoms. The number of rotatable bonds is 6. The molecule has 0 aliphatic carbocycles. The summed E-state index contributed by atoms with van der Waals surface area (Å²) in [7, 11) is 5.08. The maximum absolute atomic E-state index is 13.7. The van der Waals surface area contributed by atoms with Crippen molar-refractivity contribution in [3.63, 3.8) is 0 Å².